The van der Waals surface area contributed by atoms with Crippen molar-refractivity contribution in [2.24, 2.45) is 0 Å². The molecule has 0 aliphatic rings. The minimum absolute atomic E-state index is 0.0951. The average Bonchev–Trinajstić information content (AvgIpc) is 3.27. The zero-order valence-corrected chi connectivity index (χ0v) is 16.8. The molecule has 2 N–H and O–H groups in total. The van der Waals surface area contributed by atoms with Gasteiger partial charge in [-0.15, -0.1) is 11.3 Å². The first-order valence-corrected chi connectivity index (χ1v) is 10.1. The lowest BCUT2D eigenvalue weighted by molar-refractivity contribution is -0.115. The van der Waals surface area contributed by atoms with Gasteiger partial charge in [0, 0.05) is 26.4 Å². The summed E-state index contributed by atoms with van der Waals surface area (Å²) in [5.41, 5.74) is 2.92. The van der Waals surface area contributed by atoms with Gasteiger partial charge in [-0.1, -0.05) is 46.3 Å². The summed E-state index contributed by atoms with van der Waals surface area (Å²) in [6, 6.07) is 14.8. The van der Waals surface area contributed by atoms with E-state index in [1.165, 1.54) is 11.3 Å². The topological polar surface area (TPSA) is 79.5 Å². The number of fused-ring (bicyclic) bond motifs is 1. The second kappa shape index (κ2) is 7.61. The number of carboxylic acid groups (broad SMARTS) is 1. The quantitative estimate of drug-likeness (QED) is 0.398. The fourth-order valence-electron chi connectivity index (χ4n) is 3.02. The number of carboxylic acids is 1. The van der Waals surface area contributed by atoms with Crippen molar-refractivity contribution in [3.63, 3.8) is 0 Å². The Hall–Kier alpha value is -2.90. The molecule has 0 spiro atoms. The molecule has 1 amide bonds. The molecule has 0 unspecified atom stereocenters. The van der Waals surface area contributed by atoms with Crippen LogP contribution in [0.15, 0.2) is 69.1 Å². The number of para-hydroxylation sites is 1. The van der Waals surface area contributed by atoms with Crippen LogP contribution in [-0.4, -0.2) is 17.0 Å². The van der Waals surface area contributed by atoms with Crippen LogP contribution in [0, 0.1) is 0 Å². The Morgan fingerprint density at radius 2 is 1.86 bits per heavy atom. The highest BCUT2D eigenvalue weighted by atomic mass is 79.9. The molecule has 140 valence electrons. The highest BCUT2D eigenvalue weighted by Crippen LogP contribution is 2.36. The maximum absolute atomic E-state index is 12.5. The van der Waals surface area contributed by atoms with Gasteiger partial charge in [0.1, 0.15) is 16.1 Å². The molecule has 2 heterocycles. The molecule has 4 aromatic rings. The number of benzene rings is 2. The number of halogens is 1. The van der Waals surface area contributed by atoms with Gasteiger partial charge in [0.2, 0.25) is 5.91 Å². The molecular weight excluding hydrogens is 442 g/mol. The van der Waals surface area contributed by atoms with Gasteiger partial charge in [-0.05, 0) is 23.8 Å². The van der Waals surface area contributed by atoms with E-state index in [9.17, 15) is 14.7 Å². The van der Waals surface area contributed by atoms with Crippen molar-refractivity contribution in [1.29, 1.82) is 0 Å². The van der Waals surface area contributed by atoms with Crippen LogP contribution < -0.4 is 5.32 Å². The van der Waals surface area contributed by atoms with Crippen LogP contribution in [0.4, 0.5) is 5.00 Å². The molecule has 0 aliphatic carbocycles. The zero-order chi connectivity index (χ0) is 19.7. The Bertz CT molecular complexity index is 1180. The predicted molar refractivity (Wildman–Crippen MR) is 113 cm³/mol. The predicted octanol–water partition coefficient (Wildman–Crippen LogP) is 5.80. The van der Waals surface area contributed by atoms with Gasteiger partial charge in [0.25, 0.3) is 0 Å². The van der Waals surface area contributed by atoms with Crippen LogP contribution in [0.3, 0.4) is 0 Å². The normalized spacial score (nSPS) is 10.9. The lowest BCUT2D eigenvalue weighted by Crippen LogP contribution is -2.15. The number of nitrogens with one attached hydrogen (secondary N) is 1. The van der Waals surface area contributed by atoms with Crippen LogP contribution >= 0.6 is 27.3 Å². The third kappa shape index (κ3) is 3.58. The van der Waals surface area contributed by atoms with Crippen molar-refractivity contribution in [1.82, 2.24) is 0 Å². The van der Waals surface area contributed by atoms with E-state index >= 15 is 0 Å². The fourth-order valence-corrected chi connectivity index (χ4v) is 4.26. The van der Waals surface area contributed by atoms with Crippen LogP contribution in [0.1, 0.15) is 15.9 Å². The van der Waals surface area contributed by atoms with E-state index in [-0.39, 0.29) is 17.9 Å². The lowest BCUT2D eigenvalue weighted by atomic mass is 10.0. The molecule has 28 heavy (non-hydrogen) atoms. The summed E-state index contributed by atoms with van der Waals surface area (Å²) in [5, 5.41) is 15.4. The largest absolute Gasteiger partial charge is 0.478 e. The van der Waals surface area contributed by atoms with Gasteiger partial charge in [-0.3, -0.25) is 4.79 Å². The van der Waals surface area contributed by atoms with Gasteiger partial charge in [-0.25, -0.2) is 4.79 Å². The Labute approximate surface area is 172 Å². The van der Waals surface area contributed by atoms with Crippen molar-refractivity contribution < 1.29 is 19.1 Å². The van der Waals surface area contributed by atoms with Gasteiger partial charge in [-0.2, -0.15) is 0 Å². The van der Waals surface area contributed by atoms with Crippen molar-refractivity contribution in [2.45, 2.75) is 6.42 Å². The summed E-state index contributed by atoms with van der Waals surface area (Å²) >= 11 is 4.57. The van der Waals surface area contributed by atoms with Crippen molar-refractivity contribution in [3.8, 4) is 11.1 Å². The van der Waals surface area contributed by atoms with Gasteiger partial charge in [0.15, 0.2) is 0 Å². The molecule has 0 saturated carbocycles. The van der Waals surface area contributed by atoms with E-state index in [0.717, 1.165) is 21.0 Å². The lowest BCUT2D eigenvalue weighted by Gasteiger charge is -2.06. The molecule has 2 aromatic heterocycles. The Morgan fingerprint density at radius 1 is 1.11 bits per heavy atom. The fraction of sp³-hybridized carbons (Fsp3) is 0.0476. The molecule has 0 radical (unpaired) electrons. The number of carbonyl (C=O) groups is 2. The molecule has 7 heteroatoms. The van der Waals surface area contributed by atoms with Crippen molar-refractivity contribution >= 4 is 55.1 Å². The van der Waals surface area contributed by atoms with E-state index in [1.54, 1.807) is 11.6 Å². The maximum atomic E-state index is 12.5. The molecule has 0 atom stereocenters. The first kappa shape index (κ1) is 18.5. The Kier molecular flexibility index (Phi) is 5.02. The Morgan fingerprint density at radius 3 is 2.61 bits per heavy atom. The van der Waals surface area contributed by atoms with E-state index in [0.29, 0.717) is 16.1 Å². The number of anilines is 1. The van der Waals surface area contributed by atoms with E-state index in [1.807, 2.05) is 48.5 Å². The summed E-state index contributed by atoms with van der Waals surface area (Å²) in [7, 11) is 0. The summed E-state index contributed by atoms with van der Waals surface area (Å²) in [6.45, 7) is 0. The van der Waals surface area contributed by atoms with E-state index in [4.69, 9.17) is 4.42 Å². The number of hydrogen-bond donors (Lipinski definition) is 2. The van der Waals surface area contributed by atoms with Crippen LogP contribution in [0.25, 0.3) is 22.1 Å². The number of thiophene rings is 1. The van der Waals surface area contributed by atoms with E-state index in [2.05, 4.69) is 21.2 Å². The van der Waals surface area contributed by atoms with Crippen LogP contribution in [0.2, 0.25) is 0 Å². The van der Waals surface area contributed by atoms with Crippen molar-refractivity contribution in [3.05, 3.63) is 75.8 Å². The number of amides is 1. The second-order valence-electron chi connectivity index (χ2n) is 6.15. The van der Waals surface area contributed by atoms with Gasteiger partial charge < -0.3 is 14.8 Å². The minimum atomic E-state index is -1.08. The molecule has 0 bridgehead atoms. The monoisotopic (exact) mass is 455 g/mol. The minimum Gasteiger partial charge on any atom is -0.478 e. The zero-order valence-electron chi connectivity index (χ0n) is 14.4. The maximum Gasteiger partial charge on any atom is 0.339 e. The molecule has 0 saturated heterocycles. The number of rotatable bonds is 5. The van der Waals surface area contributed by atoms with Gasteiger partial charge in [0.05, 0.1) is 12.7 Å². The Balaban J connectivity index is 1.60. The van der Waals surface area contributed by atoms with Crippen molar-refractivity contribution in [2.75, 3.05) is 5.32 Å². The smallest absolute Gasteiger partial charge is 0.339 e. The van der Waals surface area contributed by atoms with Gasteiger partial charge >= 0.3 is 5.97 Å². The molecule has 5 nitrogen and oxygen atoms in total. The third-order valence-corrected chi connectivity index (χ3v) is 5.75. The summed E-state index contributed by atoms with van der Waals surface area (Å²) in [5.74, 6) is -1.37. The first-order valence-electron chi connectivity index (χ1n) is 8.38. The summed E-state index contributed by atoms with van der Waals surface area (Å²) in [6.07, 6.45) is 1.66. The number of furan rings is 1. The molecular formula is C21H14BrNO4S. The summed E-state index contributed by atoms with van der Waals surface area (Å²) < 4.78 is 6.37. The highest BCUT2D eigenvalue weighted by molar-refractivity contribution is 9.10. The number of aromatic carboxylic acids is 1. The molecule has 4 rings (SSSR count). The standard InChI is InChI=1S/C21H14BrNO4S/c22-14-7-5-12(6-8-14)16-11-28-20(19(16)21(25)26)23-18(24)9-13-10-27-17-4-2-1-3-15(13)17/h1-8,10-11H,9H2,(H,23,24)(H,25,26). The first-order chi connectivity index (χ1) is 13.5. The number of hydrogen-bond acceptors (Lipinski definition) is 4. The van der Waals surface area contributed by atoms with Crippen LogP contribution in [-0.2, 0) is 11.2 Å². The second-order valence-corrected chi connectivity index (χ2v) is 7.94. The third-order valence-electron chi connectivity index (χ3n) is 4.33. The molecule has 0 aliphatic heterocycles. The molecule has 0 fully saturated rings. The SMILES string of the molecule is O=C(Cc1coc2ccccc12)Nc1scc(-c2ccc(Br)cc2)c1C(=O)O. The summed E-state index contributed by atoms with van der Waals surface area (Å²) in [4.78, 5) is 24.4. The highest BCUT2D eigenvalue weighted by Gasteiger charge is 2.21. The molecule has 2 aromatic carbocycles. The van der Waals surface area contributed by atoms with E-state index < -0.39 is 5.97 Å². The van der Waals surface area contributed by atoms with Crippen LogP contribution in [0.5, 0.6) is 0 Å². The number of carbonyl (C=O) groups excluding carboxylic acids is 1. The average molecular weight is 456 g/mol.